The van der Waals surface area contributed by atoms with Crippen LogP contribution in [0.25, 0.3) is 0 Å². The summed E-state index contributed by atoms with van der Waals surface area (Å²) in [4.78, 5) is 2.41. The van der Waals surface area contributed by atoms with E-state index in [1.165, 1.54) is 18.9 Å². The van der Waals surface area contributed by atoms with Gasteiger partial charge in [-0.05, 0) is 31.5 Å². The van der Waals surface area contributed by atoms with E-state index in [1.807, 2.05) is 0 Å². The predicted molar refractivity (Wildman–Crippen MR) is 75.8 cm³/mol. The van der Waals surface area contributed by atoms with Gasteiger partial charge in [-0.2, -0.15) is 0 Å². The van der Waals surface area contributed by atoms with Crippen molar-refractivity contribution in [3.63, 3.8) is 0 Å². The zero-order chi connectivity index (χ0) is 14.1. The first-order chi connectivity index (χ1) is 9.69. The first kappa shape index (κ1) is 14.2. The third kappa shape index (κ3) is 2.69. The molecule has 2 heterocycles. The Morgan fingerprint density at radius 3 is 3.10 bits per heavy atom. The minimum atomic E-state index is -0.367. The van der Waals surface area contributed by atoms with Crippen molar-refractivity contribution in [2.75, 3.05) is 19.7 Å². The third-order valence-electron chi connectivity index (χ3n) is 4.27. The van der Waals surface area contributed by atoms with Gasteiger partial charge in [0.1, 0.15) is 5.82 Å². The zero-order valence-electron chi connectivity index (χ0n) is 11.2. The first-order valence-corrected chi connectivity index (χ1v) is 7.33. The van der Waals surface area contributed by atoms with E-state index in [-0.39, 0.29) is 18.0 Å². The van der Waals surface area contributed by atoms with Crippen LogP contribution in [0.3, 0.4) is 0 Å². The van der Waals surface area contributed by atoms with Crippen LogP contribution in [0.4, 0.5) is 4.39 Å². The van der Waals surface area contributed by atoms with Gasteiger partial charge in [0.05, 0.1) is 18.8 Å². The number of hydrogen-bond acceptors (Lipinski definition) is 4. The molecule has 2 aliphatic rings. The molecule has 0 amide bonds. The summed E-state index contributed by atoms with van der Waals surface area (Å²) in [6, 6.07) is 4.80. The summed E-state index contributed by atoms with van der Waals surface area (Å²) in [5, 5.41) is 0.381. The Morgan fingerprint density at radius 2 is 2.35 bits per heavy atom. The standard InChI is InChI=1S/C14H19ClFN3O/c15-9-3-4-11(12(16)6-9)14(18-17)13-7-19-5-1-2-10(19)8-20-13/h3-4,6,10,13-14,18H,1-2,5,7-8,17H2. The number of morpholine rings is 1. The van der Waals surface area contributed by atoms with Gasteiger partial charge in [0, 0.05) is 23.2 Å². The average Bonchev–Trinajstić information content (AvgIpc) is 2.89. The van der Waals surface area contributed by atoms with E-state index in [4.69, 9.17) is 22.2 Å². The Hall–Kier alpha value is -0.720. The van der Waals surface area contributed by atoms with Crippen molar-refractivity contribution in [2.45, 2.75) is 31.0 Å². The Kier molecular flexibility index (Phi) is 4.23. The monoisotopic (exact) mass is 299 g/mol. The zero-order valence-corrected chi connectivity index (χ0v) is 11.9. The minimum Gasteiger partial charge on any atom is -0.373 e. The molecule has 0 spiro atoms. The Balaban J connectivity index is 1.79. The van der Waals surface area contributed by atoms with Gasteiger partial charge in [0.25, 0.3) is 0 Å². The van der Waals surface area contributed by atoms with Crippen LogP contribution >= 0.6 is 11.6 Å². The van der Waals surface area contributed by atoms with Crippen molar-refractivity contribution >= 4 is 11.6 Å². The molecule has 3 rings (SSSR count). The summed E-state index contributed by atoms with van der Waals surface area (Å²) >= 11 is 5.79. The molecule has 2 saturated heterocycles. The van der Waals surface area contributed by atoms with Gasteiger partial charge < -0.3 is 4.74 Å². The fourth-order valence-electron chi connectivity index (χ4n) is 3.20. The highest BCUT2D eigenvalue weighted by molar-refractivity contribution is 6.30. The van der Waals surface area contributed by atoms with Crippen LogP contribution in [0.5, 0.6) is 0 Å². The maximum Gasteiger partial charge on any atom is 0.129 e. The normalized spacial score (nSPS) is 28.4. The van der Waals surface area contributed by atoms with Gasteiger partial charge in [-0.3, -0.25) is 16.2 Å². The smallest absolute Gasteiger partial charge is 0.129 e. The van der Waals surface area contributed by atoms with Gasteiger partial charge in [0.2, 0.25) is 0 Å². The number of rotatable bonds is 3. The second kappa shape index (κ2) is 5.95. The van der Waals surface area contributed by atoms with Crippen molar-refractivity contribution in [3.05, 3.63) is 34.6 Å². The summed E-state index contributed by atoms with van der Waals surface area (Å²) < 4.78 is 20.0. The maximum absolute atomic E-state index is 14.1. The van der Waals surface area contributed by atoms with E-state index in [0.717, 1.165) is 13.1 Å². The molecule has 1 aromatic carbocycles. The lowest BCUT2D eigenvalue weighted by atomic mass is 9.99. The fraction of sp³-hybridized carbons (Fsp3) is 0.571. The molecular formula is C14H19ClFN3O. The van der Waals surface area contributed by atoms with Gasteiger partial charge in [-0.15, -0.1) is 0 Å². The van der Waals surface area contributed by atoms with E-state index >= 15 is 0 Å². The van der Waals surface area contributed by atoms with Crippen molar-refractivity contribution in [2.24, 2.45) is 5.84 Å². The topological polar surface area (TPSA) is 50.5 Å². The summed E-state index contributed by atoms with van der Waals surface area (Å²) in [5.41, 5.74) is 3.19. The molecule has 0 aliphatic carbocycles. The number of halogens is 2. The van der Waals surface area contributed by atoms with Crippen LogP contribution in [0.2, 0.25) is 5.02 Å². The number of hydrazine groups is 1. The molecule has 0 bridgehead atoms. The molecule has 0 saturated carbocycles. The summed E-state index contributed by atoms with van der Waals surface area (Å²) in [6.07, 6.45) is 2.24. The SMILES string of the molecule is NNC(c1ccc(Cl)cc1F)C1CN2CCCC2CO1. The van der Waals surface area contributed by atoms with Crippen molar-refractivity contribution in [1.29, 1.82) is 0 Å². The van der Waals surface area contributed by atoms with Crippen molar-refractivity contribution in [1.82, 2.24) is 10.3 Å². The second-order valence-electron chi connectivity index (χ2n) is 5.47. The summed E-state index contributed by atoms with van der Waals surface area (Å²) in [6.45, 7) is 2.56. The van der Waals surface area contributed by atoms with Crippen LogP contribution in [0.15, 0.2) is 18.2 Å². The highest BCUT2D eigenvalue weighted by Crippen LogP contribution is 2.30. The summed E-state index contributed by atoms with van der Waals surface area (Å²) in [5.74, 6) is 5.28. The van der Waals surface area contributed by atoms with Gasteiger partial charge >= 0.3 is 0 Å². The van der Waals surface area contributed by atoms with Crippen molar-refractivity contribution in [3.8, 4) is 0 Å². The molecule has 110 valence electrons. The van der Waals surface area contributed by atoms with E-state index < -0.39 is 0 Å². The third-order valence-corrected chi connectivity index (χ3v) is 4.50. The molecule has 0 aromatic heterocycles. The number of benzene rings is 1. The van der Waals surface area contributed by atoms with E-state index in [1.54, 1.807) is 12.1 Å². The van der Waals surface area contributed by atoms with Crippen LogP contribution in [-0.2, 0) is 4.74 Å². The number of nitrogens with one attached hydrogen (secondary N) is 1. The lowest BCUT2D eigenvalue weighted by molar-refractivity contribution is -0.0657. The van der Waals surface area contributed by atoms with E-state index in [2.05, 4.69) is 10.3 Å². The maximum atomic E-state index is 14.1. The molecule has 0 radical (unpaired) electrons. The number of hydrogen-bond donors (Lipinski definition) is 2. The number of nitrogens with two attached hydrogens (primary N) is 1. The van der Waals surface area contributed by atoms with Crippen molar-refractivity contribution < 1.29 is 9.13 Å². The van der Waals surface area contributed by atoms with Gasteiger partial charge in [-0.1, -0.05) is 17.7 Å². The average molecular weight is 300 g/mol. The largest absolute Gasteiger partial charge is 0.373 e. The molecule has 3 N–H and O–H groups in total. The number of ether oxygens (including phenoxy) is 1. The molecule has 1 aromatic rings. The molecular weight excluding hydrogens is 281 g/mol. The second-order valence-corrected chi connectivity index (χ2v) is 5.91. The minimum absolute atomic E-state index is 0.148. The van der Waals surface area contributed by atoms with E-state index in [9.17, 15) is 4.39 Å². The molecule has 6 heteroatoms. The molecule has 2 fully saturated rings. The lowest BCUT2D eigenvalue weighted by Gasteiger charge is -2.38. The predicted octanol–water partition coefficient (Wildman–Crippen LogP) is 1.85. The Labute approximate surface area is 123 Å². The number of nitrogens with zero attached hydrogens (tertiary/aromatic N) is 1. The Morgan fingerprint density at radius 1 is 1.50 bits per heavy atom. The van der Waals surface area contributed by atoms with Crippen LogP contribution < -0.4 is 11.3 Å². The van der Waals surface area contributed by atoms with Crippen LogP contribution in [-0.4, -0.2) is 36.7 Å². The summed E-state index contributed by atoms with van der Waals surface area (Å²) in [7, 11) is 0. The first-order valence-electron chi connectivity index (χ1n) is 6.96. The number of fused-ring (bicyclic) bond motifs is 1. The highest BCUT2D eigenvalue weighted by Gasteiger charge is 2.36. The lowest BCUT2D eigenvalue weighted by Crippen LogP contribution is -2.51. The molecule has 3 unspecified atom stereocenters. The molecule has 4 nitrogen and oxygen atoms in total. The molecule has 2 aliphatic heterocycles. The van der Waals surface area contributed by atoms with Gasteiger partial charge in [0.15, 0.2) is 0 Å². The van der Waals surface area contributed by atoms with E-state index in [0.29, 0.717) is 23.2 Å². The fourth-order valence-corrected chi connectivity index (χ4v) is 3.35. The van der Waals surface area contributed by atoms with Gasteiger partial charge in [-0.25, -0.2) is 4.39 Å². The molecule has 20 heavy (non-hydrogen) atoms. The molecule has 3 atom stereocenters. The highest BCUT2D eigenvalue weighted by atomic mass is 35.5. The van der Waals surface area contributed by atoms with Crippen LogP contribution in [0.1, 0.15) is 24.4 Å². The van der Waals surface area contributed by atoms with Crippen LogP contribution in [0, 0.1) is 5.82 Å². The Bertz CT molecular complexity index is 487. The quantitative estimate of drug-likeness (QED) is 0.661.